The molecule has 1 atom stereocenters. The average Bonchev–Trinajstić information content (AvgIpc) is 2.72. The predicted octanol–water partition coefficient (Wildman–Crippen LogP) is 2.56. The van der Waals surface area contributed by atoms with E-state index in [0.717, 1.165) is 11.4 Å². The highest BCUT2D eigenvalue weighted by Crippen LogP contribution is 2.33. The Morgan fingerprint density at radius 1 is 1.53 bits per heavy atom. The van der Waals surface area contributed by atoms with Crippen molar-refractivity contribution in [3.05, 3.63) is 40.7 Å². The van der Waals surface area contributed by atoms with Crippen LogP contribution in [-0.2, 0) is 0 Å². The van der Waals surface area contributed by atoms with E-state index in [1.54, 1.807) is 0 Å². The molecular weight excluding hydrogens is 256 g/mol. The molecule has 0 bridgehead atoms. The molecular formula is C11H13ClN4S. The molecule has 0 aliphatic rings. The minimum Gasteiger partial charge on any atom is -0.329 e. The van der Waals surface area contributed by atoms with Crippen LogP contribution in [0.1, 0.15) is 16.6 Å². The third kappa shape index (κ3) is 3.21. The fraction of sp³-hybridized carbons (Fsp3) is 0.273. The summed E-state index contributed by atoms with van der Waals surface area (Å²) in [6.07, 6.45) is 0. The van der Waals surface area contributed by atoms with Crippen LogP contribution in [0.5, 0.6) is 0 Å². The number of aromatic nitrogens is 3. The summed E-state index contributed by atoms with van der Waals surface area (Å²) in [5.74, 6) is 0.800. The molecule has 4 nitrogen and oxygen atoms in total. The third-order valence-corrected chi connectivity index (χ3v) is 3.64. The van der Waals surface area contributed by atoms with Gasteiger partial charge in [-0.05, 0) is 24.6 Å². The largest absolute Gasteiger partial charge is 0.329 e. The first kappa shape index (κ1) is 12.4. The maximum atomic E-state index is 5.97. The van der Waals surface area contributed by atoms with Gasteiger partial charge in [0.2, 0.25) is 5.16 Å². The normalized spacial score (nSPS) is 12.6. The molecule has 1 aromatic carbocycles. The van der Waals surface area contributed by atoms with Gasteiger partial charge in [0.05, 0.1) is 0 Å². The van der Waals surface area contributed by atoms with Crippen LogP contribution in [0, 0.1) is 6.92 Å². The molecule has 3 N–H and O–H groups in total. The molecule has 90 valence electrons. The molecule has 1 aromatic heterocycles. The van der Waals surface area contributed by atoms with Crippen LogP contribution in [0.25, 0.3) is 0 Å². The highest BCUT2D eigenvalue weighted by Gasteiger charge is 2.14. The van der Waals surface area contributed by atoms with E-state index in [4.69, 9.17) is 17.3 Å². The summed E-state index contributed by atoms with van der Waals surface area (Å²) in [6, 6.07) is 7.70. The van der Waals surface area contributed by atoms with E-state index >= 15 is 0 Å². The van der Waals surface area contributed by atoms with E-state index in [9.17, 15) is 0 Å². The van der Waals surface area contributed by atoms with Gasteiger partial charge in [-0.15, -0.1) is 5.10 Å². The number of rotatable bonds is 4. The third-order valence-electron chi connectivity index (χ3n) is 2.26. The predicted molar refractivity (Wildman–Crippen MR) is 70.2 cm³/mol. The SMILES string of the molecule is Cc1nc(SC(CN)c2cccc(Cl)c2)n[nH]1. The van der Waals surface area contributed by atoms with Crippen molar-refractivity contribution < 1.29 is 0 Å². The van der Waals surface area contributed by atoms with Crippen molar-refractivity contribution in [2.24, 2.45) is 5.73 Å². The van der Waals surface area contributed by atoms with E-state index < -0.39 is 0 Å². The van der Waals surface area contributed by atoms with Gasteiger partial charge in [0.25, 0.3) is 0 Å². The van der Waals surface area contributed by atoms with Crippen LogP contribution in [-0.4, -0.2) is 21.7 Å². The van der Waals surface area contributed by atoms with Gasteiger partial charge in [-0.25, -0.2) is 4.98 Å². The summed E-state index contributed by atoms with van der Waals surface area (Å²) < 4.78 is 0. The molecule has 0 spiro atoms. The highest BCUT2D eigenvalue weighted by molar-refractivity contribution is 7.99. The number of aryl methyl sites for hydroxylation is 1. The maximum Gasteiger partial charge on any atom is 0.209 e. The summed E-state index contributed by atoms with van der Waals surface area (Å²) in [4.78, 5) is 4.25. The molecule has 0 aliphatic carbocycles. The minimum atomic E-state index is 0.115. The smallest absolute Gasteiger partial charge is 0.209 e. The number of thioether (sulfide) groups is 1. The Kier molecular flexibility index (Phi) is 4.04. The van der Waals surface area contributed by atoms with Crippen molar-refractivity contribution in [1.82, 2.24) is 15.2 Å². The van der Waals surface area contributed by atoms with Gasteiger partial charge in [0, 0.05) is 16.8 Å². The van der Waals surface area contributed by atoms with Gasteiger partial charge in [-0.2, -0.15) is 0 Å². The zero-order chi connectivity index (χ0) is 12.3. The second-order valence-corrected chi connectivity index (χ2v) is 5.21. The van der Waals surface area contributed by atoms with Crippen LogP contribution < -0.4 is 5.73 Å². The lowest BCUT2D eigenvalue weighted by Crippen LogP contribution is -2.09. The molecule has 1 heterocycles. The summed E-state index contributed by atoms with van der Waals surface area (Å²) in [6.45, 7) is 2.38. The van der Waals surface area contributed by atoms with Crippen LogP contribution in [0.2, 0.25) is 5.02 Å². The molecule has 6 heteroatoms. The molecule has 2 rings (SSSR count). The molecule has 0 saturated carbocycles. The van der Waals surface area contributed by atoms with E-state index in [1.807, 2.05) is 31.2 Å². The Labute approximate surface area is 109 Å². The van der Waals surface area contributed by atoms with Gasteiger partial charge < -0.3 is 5.73 Å². The average molecular weight is 269 g/mol. The maximum absolute atomic E-state index is 5.97. The molecule has 0 radical (unpaired) electrons. The van der Waals surface area contributed by atoms with E-state index in [0.29, 0.717) is 16.7 Å². The van der Waals surface area contributed by atoms with Crippen molar-refractivity contribution in [3.8, 4) is 0 Å². The Morgan fingerprint density at radius 3 is 2.94 bits per heavy atom. The molecule has 1 unspecified atom stereocenters. The van der Waals surface area contributed by atoms with Gasteiger partial charge in [0.15, 0.2) is 0 Å². The number of benzene rings is 1. The lowest BCUT2D eigenvalue weighted by molar-refractivity contribution is 0.914. The van der Waals surface area contributed by atoms with E-state index in [2.05, 4.69) is 15.2 Å². The second kappa shape index (κ2) is 5.53. The first-order chi connectivity index (χ1) is 8.19. The van der Waals surface area contributed by atoms with Crippen LogP contribution >= 0.6 is 23.4 Å². The molecule has 0 amide bonds. The van der Waals surface area contributed by atoms with E-state index in [-0.39, 0.29) is 5.25 Å². The first-order valence-corrected chi connectivity index (χ1v) is 6.46. The number of hydrogen-bond donors (Lipinski definition) is 2. The molecule has 0 fully saturated rings. The van der Waals surface area contributed by atoms with Gasteiger partial charge in [0.1, 0.15) is 5.82 Å². The minimum absolute atomic E-state index is 0.115. The fourth-order valence-corrected chi connectivity index (χ4v) is 2.58. The Balaban J connectivity index is 2.16. The zero-order valence-corrected chi connectivity index (χ0v) is 10.9. The van der Waals surface area contributed by atoms with Crippen LogP contribution in [0.3, 0.4) is 0 Å². The Bertz CT molecular complexity index is 500. The van der Waals surface area contributed by atoms with E-state index in [1.165, 1.54) is 11.8 Å². The number of nitrogens with two attached hydrogens (primary N) is 1. The van der Waals surface area contributed by atoms with Crippen molar-refractivity contribution in [2.45, 2.75) is 17.3 Å². The number of nitrogens with zero attached hydrogens (tertiary/aromatic N) is 2. The number of aromatic amines is 1. The number of nitrogens with one attached hydrogen (secondary N) is 1. The number of H-pyrrole nitrogens is 1. The van der Waals surface area contributed by atoms with Crippen LogP contribution in [0.4, 0.5) is 0 Å². The fourth-order valence-electron chi connectivity index (χ4n) is 1.46. The Morgan fingerprint density at radius 2 is 2.35 bits per heavy atom. The summed E-state index contributed by atoms with van der Waals surface area (Å²) in [5.41, 5.74) is 6.87. The van der Waals surface area contributed by atoms with Crippen molar-refractivity contribution in [1.29, 1.82) is 0 Å². The lowest BCUT2D eigenvalue weighted by Gasteiger charge is -2.12. The van der Waals surface area contributed by atoms with Crippen molar-refractivity contribution in [3.63, 3.8) is 0 Å². The highest BCUT2D eigenvalue weighted by atomic mass is 35.5. The van der Waals surface area contributed by atoms with Gasteiger partial charge in [-0.1, -0.05) is 35.5 Å². The topological polar surface area (TPSA) is 67.6 Å². The lowest BCUT2D eigenvalue weighted by atomic mass is 10.1. The molecule has 0 saturated heterocycles. The van der Waals surface area contributed by atoms with Crippen LogP contribution in [0.15, 0.2) is 29.4 Å². The van der Waals surface area contributed by atoms with Gasteiger partial charge in [-0.3, -0.25) is 5.10 Å². The Hall–Kier alpha value is -1.04. The molecule has 2 aromatic rings. The summed E-state index contributed by atoms with van der Waals surface area (Å²) >= 11 is 7.50. The van der Waals surface area contributed by atoms with Gasteiger partial charge >= 0.3 is 0 Å². The number of hydrogen-bond acceptors (Lipinski definition) is 4. The van der Waals surface area contributed by atoms with Crippen molar-refractivity contribution in [2.75, 3.05) is 6.54 Å². The molecule has 17 heavy (non-hydrogen) atoms. The number of halogens is 1. The quantitative estimate of drug-likeness (QED) is 0.837. The van der Waals surface area contributed by atoms with Crippen molar-refractivity contribution >= 4 is 23.4 Å². The second-order valence-electron chi connectivity index (χ2n) is 3.60. The summed E-state index contributed by atoms with van der Waals surface area (Å²) in [5, 5.41) is 8.44. The summed E-state index contributed by atoms with van der Waals surface area (Å²) in [7, 11) is 0. The standard InChI is InChI=1S/C11H13ClN4S/c1-7-14-11(16-15-7)17-10(6-13)8-3-2-4-9(12)5-8/h2-5,10H,6,13H2,1H3,(H,14,15,16). The first-order valence-electron chi connectivity index (χ1n) is 5.20. The molecule has 0 aliphatic heterocycles. The zero-order valence-electron chi connectivity index (χ0n) is 9.35. The monoisotopic (exact) mass is 268 g/mol.